The normalized spacial score (nSPS) is 10.1. The zero-order valence-electron chi connectivity index (χ0n) is 14.7. The fourth-order valence-electron chi connectivity index (χ4n) is 2.09. The van der Waals surface area contributed by atoms with Gasteiger partial charge in [-0.2, -0.15) is 0 Å². The Morgan fingerprint density at radius 1 is 1.04 bits per heavy atom. The first-order valence-corrected chi connectivity index (χ1v) is 8.71. The third-order valence-corrected chi connectivity index (χ3v) is 4.46. The fourth-order valence-corrected chi connectivity index (χ4v) is 2.78. The number of nitro groups is 1. The van der Waals surface area contributed by atoms with Crippen molar-refractivity contribution in [3.05, 3.63) is 58.1 Å². The number of Topliss-reactive ketones (excluding diaryl/α,β-unsaturated/α-hetero) is 1. The van der Waals surface area contributed by atoms with Crippen LogP contribution < -0.4 is 9.47 Å². The Hall–Kier alpha value is -3.07. The number of ether oxygens (including phenoxy) is 3. The smallest absolute Gasteiger partial charge is 0.316 e. The average molecular weight is 391 g/mol. The number of non-ortho nitro benzene ring substituents is 1. The zero-order valence-corrected chi connectivity index (χ0v) is 15.5. The highest BCUT2D eigenvalue weighted by Gasteiger charge is 2.14. The van der Waals surface area contributed by atoms with E-state index in [1.54, 1.807) is 24.3 Å². The van der Waals surface area contributed by atoms with Crippen molar-refractivity contribution in [1.29, 1.82) is 0 Å². The summed E-state index contributed by atoms with van der Waals surface area (Å²) in [4.78, 5) is 34.7. The number of hydrogen-bond donors (Lipinski definition) is 0. The summed E-state index contributed by atoms with van der Waals surface area (Å²) in [6, 6.07) is 10.5. The van der Waals surface area contributed by atoms with Gasteiger partial charge in [-0.05, 0) is 30.3 Å². The first-order valence-electron chi connectivity index (χ1n) is 7.72. The number of hydrogen-bond acceptors (Lipinski definition) is 8. The van der Waals surface area contributed by atoms with E-state index in [2.05, 4.69) is 0 Å². The number of carbonyl (C=O) groups is 2. The maximum absolute atomic E-state index is 12.1. The molecule has 0 heterocycles. The lowest BCUT2D eigenvalue weighted by Gasteiger charge is -2.09. The average Bonchev–Trinajstić information content (AvgIpc) is 2.70. The Bertz CT molecular complexity index is 836. The molecule has 0 unspecified atom stereocenters. The quantitative estimate of drug-likeness (QED) is 0.211. The molecular weight excluding hydrogens is 374 g/mol. The summed E-state index contributed by atoms with van der Waals surface area (Å²) in [6.07, 6.45) is 0. The van der Waals surface area contributed by atoms with Crippen LogP contribution in [0.3, 0.4) is 0 Å². The Morgan fingerprint density at radius 3 is 2.30 bits per heavy atom. The van der Waals surface area contributed by atoms with Gasteiger partial charge in [-0.1, -0.05) is 0 Å². The van der Waals surface area contributed by atoms with Crippen LogP contribution in [0.4, 0.5) is 5.69 Å². The Balaban J connectivity index is 1.84. The molecule has 0 N–H and O–H groups in total. The number of rotatable bonds is 9. The predicted octanol–water partition coefficient (Wildman–Crippen LogP) is 3.13. The number of benzene rings is 2. The zero-order chi connectivity index (χ0) is 19.8. The molecule has 9 heteroatoms. The van der Waals surface area contributed by atoms with Crippen molar-refractivity contribution < 1.29 is 28.7 Å². The summed E-state index contributed by atoms with van der Waals surface area (Å²) in [7, 11) is 2.95. The van der Waals surface area contributed by atoms with E-state index in [1.165, 1.54) is 32.4 Å². The van der Waals surface area contributed by atoms with Gasteiger partial charge in [0.05, 0.1) is 24.9 Å². The van der Waals surface area contributed by atoms with E-state index in [4.69, 9.17) is 14.2 Å². The molecule has 0 atom stereocenters. The van der Waals surface area contributed by atoms with E-state index in [0.29, 0.717) is 22.0 Å². The standard InChI is InChI=1S/C18H17NO7S/c1-24-16-8-3-12(9-17(16)25-2)15(20)10-26-18(21)11-27-14-6-4-13(5-7-14)19(22)23/h3-9H,10-11H2,1-2H3. The summed E-state index contributed by atoms with van der Waals surface area (Å²) >= 11 is 1.16. The maximum atomic E-state index is 12.1. The summed E-state index contributed by atoms with van der Waals surface area (Å²) in [5, 5.41) is 10.6. The van der Waals surface area contributed by atoms with E-state index in [0.717, 1.165) is 11.8 Å². The van der Waals surface area contributed by atoms with Crippen LogP contribution in [-0.2, 0) is 9.53 Å². The van der Waals surface area contributed by atoms with Gasteiger partial charge in [0.25, 0.3) is 5.69 Å². The predicted molar refractivity (Wildman–Crippen MR) is 98.7 cm³/mol. The Labute approximate surface area is 159 Å². The molecule has 0 amide bonds. The van der Waals surface area contributed by atoms with Gasteiger partial charge < -0.3 is 14.2 Å². The van der Waals surface area contributed by atoms with Crippen LogP contribution in [0.25, 0.3) is 0 Å². The Morgan fingerprint density at radius 2 is 1.70 bits per heavy atom. The highest BCUT2D eigenvalue weighted by Crippen LogP contribution is 2.27. The second kappa shape index (κ2) is 9.58. The Kier molecular flexibility index (Phi) is 7.18. The summed E-state index contributed by atoms with van der Waals surface area (Å²) in [5.41, 5.74) is 0.311. The van der Waals surface area contributed by atoms with Crippen LogP contribution >= 0.6 is 11.8 Å². The summed E-state index contributed by atoms with van der Waals surface area (Å²) in [6.45, 7) is -0.394. The number of methoxy groups -OCH3 is 2. The van der Waals surface area contributed by atoms with Crippen molar-refractivity contribution in [2.24, 2.45) is 0 Å². The van der Waals surface area contributed by atoms with Gasteiger partial charge >= 0.3 is 5.97 Å². The summed E-state index contributed by atoms with van der Waals surface area (Å²) in [5.74, 6) is -0.0532. The molecule has 0 aliphatic heterocycles. The molecule has 2 aromatic carbocycles. The molecule has 0 fully saturated rings. The molecule has 142 valence electrons. The molecule has 2 aromatic rings. The highest BCUT2D eigenvalue weighted by atomic mass is 32.2. The number of nitrogens with zero attached hydrogens (tertiary/aromatic N) is 1. The molecule has 0 aliphatic carbocycles. The van der Waals surface area contributed by atoms with Gasteiger partial charge in [0.1, 0.15) is 0 Å². The van der Waals surface area contributed by atoms with E-state index in [9.17, 15) is 19.7 Å². The monoisotopic (exact) mass is 391 g/mol. The topological polar surface area (TPSA) is 105 Å². The SMILES string of the molecule is COc1ccc(C(=O)COC(=O)CSc2ccc([N+](=O)[O-])cc2)cc1OC. The van der Waals surface area contributed by atoms with Crippen LogP contribution in [0, 0.1) is 10.1 Å². The molecule has 8 nitrogen and oxygen atoms in total. The van der Waals surface area contributed by atoms with Gasteiger partial charge in [-0.3, -0.25) is 19.7 Å². The van der Waals surface area contributed by atoms with Crippen molar-refractivity contribution in [1.82, 2.24) is 0 Å². The number of carbonyl (C=O) groups excluding carboxylic acids is 2. The highest BCUT2D eigenvalue weighted by molar-refractivity contribution is 8.00. The minimum absolute atomic E-state index is 0.0168. The lowest BCUT2D eigenvalue weighted by atomic mass is 10.1. The van der Waals surface area contributed by atoms with E-state index < -0.39 is 17.5 Å². The minimum atomic E-state index is -0.563. The molecule has 0 spiro atoms. The van der Waals surface area contributed by atoms with Gasteiger partial charge in [-0.15, -0.1) is 11.8 Å². The second-order valence-corrected chi connectivity index (χ2v) is 6.24. The number of nitro benzene ring substituents is 1. The number of thioether (sulfide) groups is 1. The van der Waals surface area contributed by atoms with Gasteiger partial charge in [0, 0.05) is 22.6 Å². The third-order valence-electron chi connectivity index (χ3n) is 3.47. The lowest BCUT2D eigenvalue weighted by Crippen LogP contribution is -2.15. The van der Waals surface area contributed by atoms with Crippen molar-refractivity contribution in [2.75, 3.05) is 26.6 Å². The molecule has 0 aromatic heterocycles. The van der Waals surface area contributed by atoms with Gasteiger partial charge in [-0.25, -0.2) is 0 Å². The lowest BCUT2D eigenvalue weighted by molar-refractivity contribution is -0.384. The first-order chi connectivity index (χ1) is 12.9. The molecule has 27 heavy (non-hydrogen) atoms. The van der Waals surface area contributed by atoms with Crippen LogP contribution in [0.2, 0.25) is 0 Å². The van der Waals surface area contributed by atoms with Gasteiger partial charge in [0.15, 0.2) is 23.9 Å². The van der Waals surface area contributed by atoms with Crippen LogP contribution in [0.5, 0.6) is 11.5 Å². The number of esters is 1. The van der Waals surface area contributed by atoms with Gasteiger partial charge in [0.2, 0.25) is 0 Å². The molecule has 2 rings (SSSR count). The first kappa shape index (κ1) is 20.2. The van der Waals surface area contributed by atoms with Crippen molar-refractivity contribution in [3.8, 4) is 11.5 Å². The van der Waals surface area contributed by atoms with Crippen LogP contribution in [0.1, 0.15) is 10.4 Å². The van der Waals surface area contributed by atoms with Crippen molar-refractivity contribution >= 4 is 29.2 Å². The van der Waals surface area contributed by atoms with Crippen LogP contribution in [0.15, 0.2) is 47.4 Å². The molecule has 0 bridgehead atoms. The van der Waals surface area contributed by atoms with E-state index >= 15 is 0 Å². The minimum Gasteiger partial charge on any atom is -0.493 e. The van der Waals surface area contributed by atoms with Crippen molar-refractivity contribution in [3.63, 3.8) is 0 Å². The molecule has 0 saturated carbocycles. The molecule has 0 radical (unpaired) electrons. The largest absolute Gasteiger partial charge is 0.493 e. The van der Waals surface area contributed by atoms with Crippen molar-refractivity contribution in [2.45, 2.75) is 4.90 Å². The maximum Gasteiger partial charge on any atom is 0.316 e. The van der Waals surface area contributed by atoms with Crippen LogP contribution in [-0.4, -0.2) is 43.3 Å². The molecular formula is C18H17NO7S. The molecule has 0 saturated heterocycles. The second-order valence-electron chi connectivity index (χ2n) is 5.19. The molecule has 0 aliphatic rings. The third kappa shape index (κ3) is 5.71. The summed E-state index contributed by atoms with van der Waals surface area (Å²) < 4.78 is 15.2. The van der Waals surface area contributed by atoms with E-state index in [1.807, 2.05) is 0 Å². The number of ketones is 1. The van der Waals surface area contributed by atoms with E-state index in [-0.39, 0.29) is 17.2 Å². The fraction of sp³-hybridized carbons (Fsp3) is 0.222.